The fraction of sp³-hybridized carbons (Fsp3) is 0.286. The summed E-state index contributed by atoms with van der Waals surface area (Å²) in [5.74, 6) is 0. The Morgan fingerprint density at radius 1 is 1.18 bits per heavy atom. The van der Waals surface area contributed by atoms with Gasteiger partial charge in [-0.25, -0.2) is 0 Å². The Kier molecular flexibility index (Phi) is 4.40. The summed E-state index contributed by atoms with van der Waals surface area (Å²) in [5.41, 5.74) is 2.65. The summed E-state index contributed by atoms with van der Waals surface area (Å²) in [6.45, 7) is 4.99. The van der Waals surface area contributed by atoms with Gasteiger partial charge in [-0.2, -0.15) is 0 Å². The van der Waals surface area contributed by atoms with E-state index in [1.807, 2.05) is 0 Å². The molecule has 0 fully saturated rings. The highest BCUT2D eigenvalue weighted by Gasteiger charge is 2.01. The van der Waals surface area contributed by atoms with E-state index in [2.05, 4.69) is 75.3 Å². The molecule has 0 saturated carbocycles. The SMILES string of the molecule is CCNCc1cccn1Cc1ccc(Br)cc1. The fourth-order valence-corrected chi connectivity index (χ4v) is 2.07. The lowest BCUT2D eigenvalue weighted by Crippen LogP contribution is -2.15. The van der Waals surface area contributed by atoms with Crippen molar-refractivity contribution in [3.8, 4) is 0 Å². The van der Waals surface area contributed by atoms with Gasteiger partial charge in [-0.1, -0.05) is 35.0 Å². The zero-order chi connectivity index (χ0) is 12.1. The molecule has 0 amide bonds. The second-order valence-corrected chi connectivity index (χ2v) is 4.95. The first-order valence-corrected chi connectivity index (χ1v) is 6.68. The molecule has 1 aromatic carbocycles. The van der Waals surface area contributed by atoms with Crippen LogP contribution in [0.5, 0.6) is 0 Å². The van der Waals surface area contributed by atoms with Crippen LogP contribution in [0.4, 0.5) is 0 Å². The molecular formula is C14H17BrN2. The molecule has 90 valence electrons. The first-order chi connectivity index (χ1) is 8.29. The molecule has 2 rings (SSSR count). The molecule has 2 aromatic rings. The minimum absolute atomic E-state index is 0.931. The van der Waals surface area contributed by atoms with E-state index in [4.69, 9.17) is 0 Å². The second-order valence-electron chi connectivity index (χ2n) is 4.03. The second kappa shape index (κ2) is 6.03. The molecule has 0 unspecified atom stereocenters. The largest absolute Gasteiger partial charge is 0.346 e. The number of hydrogen-bond donors (Lipinski definition) is 1. The smallest absolute Gasteiger partial charge is 0.0473 e. The molecule has 3 heteroatoms. The maximum atomic E-state index is 3.46. The summed E-state index contributed by atoms with van der Waals surface area (Å²) in [6.07, 6.45) is 2.13. The minimum Gasteiger partial charge on any atom is -0.346 e. The van der Waals surface area contributed by atoms with Gasteiger partial charge >= 0.3 is 0 Å². The monoisotopic (exact) mass is 292 g/mol. The summed E-state index contributed by atoms with van der Waals surface area (Å²) in [5, 5.41) is 3.36. The Hall–Kier alpha value is -1.06. The van der Waals surface area contributed by atoms with Crippen molar-refractivity contribution in [2.24, 2.45) is 0 Å². The summed E-state index contributed by atoms with van der Waals surface area (Å²) >= 11 is 3.46. The van der Waals surface area contributed by atoms with E-state index in [-0.39, 0.29) is 0 Å². The number of aromatic nitrogens is 1. The number of hydrogen-bond acceptors (Lipinski definition) is 1. The van der Waals surface area contributed by atoms with Crippen LogP contribution < -0.4 is 5.32 Å². The molecule has 2 nitrogen and oxygen atoms in total. The highest BCUT2D eigenvalue weighted by Crippen LogP contribution is 2.13. The molecule has 1 aromatic heterocycles. The van der Waals surface area contributed by atoms with Crippen LogP contribution in [0.15, 0.2) is 47.1 Å². The summed E-state index contributed by atoms with van der Waals surface area (Å²) in [4.78, 5) is 0. The first-order valence-electron chi connectivity index (χ1n) is 5.89. The number of rotatable bonds is 5. The Bertz CT molecular complexity index is 459. The van der Waals surface area contributed by atoms with E-state index >= 15 is 0 Å². The molecule has 0 bridgehead atoms. The van der Waals surface area contributed by atoms with E-state index in [1.165, 1.54) is 11.3 Å². The van der Waals surface area contributed by atoms with Gasteiger partial charge in [0.25, 0.3) is 0 Å². The normalized spacial score (nSPS) is 10.7. The van der Waals surface area contributed by atoms with Crippen molar-refractivity contribution < 1.29 is 0 Å². The van der Waals surface area contributed by atoms with E-state index in [0.29, 0.717) is 0 Å². The average Bonchev–Trinajstić information content (AvgIpc) is 2.77. The lowest BCUT2D eigenvalue weighted by molar-refractivity contribution is 0.657. The summed E-state index contributed by atoms with van der Waals surface area (Å²) < 4.78 is 3.41. The van der Waals surface area contributed by atoms with Crippen molar-refractivity contribution in [2.45, 2.75) is 20.0 Å². The van der Waals surface area contributed by atoms with Crippen LogP contribution in [0, 0.1) is 0 Å². The molecule has 0 atom stereocenters. The van der Waals surface area contributed by atoms with Gasteiger partial charge in [-0.15, -0.1) is 0 Å². The minimum atomic E-state index is 0.931. The number of benzene rings is 1. The molecule has 17 heavy (non-hydrogen) atoms. The lowest BCUT2D eigenvalue weighted by atomic mass is 10.2. The predicted molar refractivity (Wildman–Crippen MR) is 75.1 cm³/mol. The van der Waals surface area contributed by atoms with Crippen LogP contribution in [0.1, 0.15) is 18.2 Å². The molecule has 1 N–H and O–H groups in total. The molecule has 1 heterocycles. The molecule has 0 aliphatic heterocycles. The van der Waals surface area contributed by atoms with Gasteiger partial charge in [0, 0.05) is 29.5 Å². The van der Waals surface area contributed by atoms with Crippen molar-refractivity contribution >= 4 is 15.9 Å². The molecule has 0 spiro atoms. The Labute approximate surface area is 111 Å². The van der Waals surface area contributed by atoms with Gasteiger partial charge < -0.3 is 9.88 Å². The van der Waals surface area contributed by atoms with E-state index < -0.39 is 0 Å². The third-order valence-electron chi connectivity index (χ3n) is 2.75. The van der Waals surface area contributed by atoms with Crippen LogP contribution in [-0.2, 0) is 13.1 Å². The maximum Gasteiger partial charge on any atom is 0.0473 e. The van der Waals surface area contributed by atoms with Crippen molar-refractivity contribution in [3.63, 3.8) is 0 Å². The topological polar surface area (TPSA) is 17.0 Å². The van der Waals surface area contributed by atoms with Gasteiger partial charge in [0.1, 0.15) is 0 Å². The molecule has 0 aliphatic rings. The molecule has 0 aliphatic carbocycles. The third-order valence-corrected chi connectivity index (χ3v) is 3.27. The van der Waals surface area contributed by atoms with Crippen LogP contribution in [0.25, 0.3) is 0 Å². The van der Waals surface area contributed by atoms with Gasteiger partial charge in [-0.05, 0) is 36.4 Å². The zero-order valence-corrected chi connectivity index (χ0v) is 11.6. The van der Waals surface area contributed by atoms with Crippen molar-refractivity contribution in [1.29, 1.82) is 0 Å². The van der Waals surface area contributed by atoms with Crippen molar-refractivity contribution in [3.05, 3.63) is 58.3 Å². The number of halogens is 1. The number of nitrogens with one attached hydrogen (secondary N) is 1. The predicted octanol–water partition coefficient (Wildman–Crippen LogP) is 3.41. The zero-order valence-electron chi connectivity index (χ0n) is 9.99. The summed E-state index contributed by atoms with van der Waals surface area (Å²) in [7, 11) is 0. The molecular weight excluding hydrogens is 276 g/mol. The fourth-order valence-electron chi connectivity index (χ4n) is 1.80. The first kappa shape index (κ1) is 12.4. The maximum absolute atomic E-state index is 3.46. The molecule has 0 radical (unpaired) electrons. The van der Waals surface area contributed by atoms with Crippen LogP contribution in [0.2, 0.25) is 0 Å². The lowest BCUT2D eigenvalue weighted by Gasteiger charge is -2.09. The van der Waals surface area contributed by atoms with Gasteiger partial charge in [0.15, 0.2) is 0 Å². The Morgan fingerprint density at radius 3 is 2.65 bits per heavy atom. The average molecular weight is 293 g/mol. The summed E-state index contributed by atoms with van der Waals surface area (Å²) in [6, 6.07) is 12.8. The van der Waals surface area contributed by atoms with Crippen molar-refractivity contribution in [2.75, 3.05) is 6.54 Å². The van der Waals surface area contributed by atoms with E-state index in [9.17, 15) is 0 Å². The highest BCUT2D eigenvalue weighted by atomic mass is 79.9. The van der Waals surface area contributed by atoms with Gasteiger partial charge in [0.2, 0.25) is 0 Å². The van der Waals surface area contributed by atoms with Crippen molar-refractivity contribution in [1.82, 2.24) is 9.88 Å². The Balaban J connectivity index is 2.07. The van der Waals surface area contributed by atoms with Gasteiger partial charge in [0.05, 0.1) is 0 Å². The van der Waals surface area contributed by atoms with Gasteiger partial charge in [-0.3, -0.25) is 0 Å². The van der Waals surface area contributed by atoms with E-state index in [0.717, 1.165) is 24.1 Å². The molecule has 0 saturated heterocycles. The number of nitrogens with zero attached hydrogens (tertiary/aromatic N) is 1. The van der Waals surface area contributed by atoms with Crippen LogP contribution in [-0.4, -0.2) is 11.1 Å². The Morgan fingerprint density at radius 2 is 1.94 bits per heavy atom. The third kappa shape index (κ3) is 3.45. The van der Waals surface area contributed by atoms with Crippen LogP contribution in [0.3, 0.4) is 0 Å². The highest BCUT2D eigenvalue weighted by molar-refractivity contribution is 9.10. The van der Waals surface area contributed by atoms with Crippen LogP contribution >= 0.6 is 15.9 Å². The van der Waals surface area contributed by atoms with E-state index in [1.54, 1.807) is 0 Å². The standard InChI is InChI=1S/C14H17BrN2/c1-2-16-10-14-4-3-9-17(14)11-12-5-7-13(15)8-6-12/h3-9,16H,2,10-11H2,1H3. The quantitative estimate of drug-likeness (QED) is 0.894.